The van der Waals surface area contributed by atoms with Crippen LogP contribution in [0, 0.1) is 17.8 Å². The molecular weight excluding hydrogens is 566 g/mol. The number of fused-ring (bicyclic) bond motifs is 5. The predicted octanol–water partition coefficient (Wildman–Crippen LogP) is -0.379. The molecule has 1 saturated carbocycles. The number of aliphatic hydroxyl groups excluding tert-OH is 4. The van der Waals surface area contributed by atoms with Crippen molar-refractivity contribution in [2.75, 3.05) is 40.0 Å². The molecule has 13 nitrogen and oxygen atoms in total. The fourth-order valence-electron chi connectivity index (χ4n) is 6.91. The summed E-state index contributed by atoms with van der Waals surface area (Å²) in [7, 11) is 1.76. The maximum absolute atomic E-state index is 12.4. The maximum atomic E-state index is 12.4. The Morgan fingerprint density at radius 3 is 2.65 bits per heavy atom. The number of hydrogen-bond acceptors (Lipinski definition) is 13. The molecular formula is C30H41NO12. The lowest BCUT2D eigenvalue weighted by Gasteiger charge is -2.63. The fraction of sp³-hybridized carbons (Fsp3) is 0.633. The van der Waals surface area contributed by atoms with Crippen molar-refractivity contribution in [1.82, 2.24) is 5.32 Å². The first-order valence-electron chi connectivity index (χ1n) is 14.6. The Morgan fingerprint density at radius 2 is 1.95 bits per heavy atom. The van der Waals surface area contributed by atoms with Gasteiger partial charge in [0.05, 0.1) is 25.6 Å². The van der Waals surface area contributed by atoms with Crippen LogP contribution >= 0.6 is 0 Å². The zero-order valence-electron chi connectivity index (χ0n) is 24.2. The van der Waals surface area contributed by atoms with Gasteiger partial charge in [0.25, 0.3) is 0 Å². The number of benzene rings is 1. The van der Waals surface area contributed by atoms with E-state index in [0.717, 1.165) is 0 Å². The van der Waals surface area contributed by atoms with Crippen molar-refractivity contribution in [3.63, 3.8) is 0 Å². The quantitative estimate of drug-likeness (QED) is 0.0937. The van der Waals surface area contributed by atoms with Crippen molar-refractivity contribution in [2.24, 2.45) is 17.8 Å². The van der Waals surface area contributed by atoms with E-state index in [1.165, 1.54) is 12.3 Å². The monoisotopic (exact) mass is 607 g/mol. The lowest BCUT2D eigenvalue weighted by molar-refractivity contribution is -0.391. The molecule has 1 aliphatic heterocycles. The summed E-state index contributed by atoms with van der Waals surface area (Å²) in [6.07, 6.45) is -1.49. The minimum atomic E-state index is -2.37. The first-order chi connectivity index (χ1) is 20.6. The Balaban J connectivity index is 1.63. The van der Waals surface area contributed by atoms with Crippen LogP contribution in [-0.2, 0) is 20.7 Å². The Hall–Kier alpha value is -2.75. The number of carbonyl (C=O) groups is 1. The average Bonchev–Trinajstić information content (AvgIpc) is 3.46. The SMILES string of the molecule is CCOC(=O)CCc1cc2ccoc2c(OCCNC)c1O[C@H]1O[C@H](CO)[C@]2(O)C[C@@H]3C=C[C@H](O)[C@@H](CO)[C@H]3[C@]1(O)[C@H]2O. The van der Waals surface area contributed by atoms with Gasteiger partial charge in [-0.2, -0.15) is 0 Å². The van der Waals surface area contributed by atoms with Crippen molar-refractivity contribution in [1.29, 1.82) is 0 Å². The number of rotatable bonds is 12. The molecule has 1 aromatic heterocycles. The molecule has 1 aromatic carbocycles. The highest BCUT2D eigenvalue weighted by Crippen LogP contribution is 2.56. The number of nitrogens with one attached hydrogen (secondary N) is 1. The van der Waals surface area contributed by atoms with Crippen LogP contribution in [0.3, 0.4) is 0 Å². The first kappa shape index (κ1) is 31.7. The molecule has 5 rings (SSSR count). The number of ether oxygens (including phenoxy) is 4. The van der Waals surface area contributed by atoms with Gasteiger partial charge in [0, 0.05) is 36.8 Å². The Morgan fingerprint density at radius 1 is 1.16 bits per heavy atom. The Bertz CT molecular complexity index is 1310. The summed E-state index contributed by atoms with van der Waals surface area (Å²) in [6.45, 7) is 1.34. The van der Waals surface area contributed by atoms with Gasteiger partial charge in [0.2, 0.25) is 12.0 Å². The molecule has 9 atom stereocenters. The van der Waals surface area contributed by atoms with Gasteiger partial charge in [-0.15, -0.1) is 0 Å². The Kier molecular flexibility index (Phi) is 9.35. The number of hydrogen-bond donors (Lipinski definition) is 7. The molecule has 2 heterocycles. The molecule has 7 N–H and O–H groups in total. The van der Waals surface area contributed by atoms with Crippen molar-refractivity contribution in [3.05, 3.63) is 36.1 Å². The Labute approximate surface area is 248 Å². The van der Waals surface area contributed by atoms with Gasteiger partial charge in [0.15, 0.2) is 16.9 Å². The van der Waals surface area contributed by atoms with Gasteiger partial charge < -0.3 is 59.3 Å². The average molecular weight is 608 g/mol. The lowest BCUT2D eigenvalue weighted by atomic mass is 9.53. The minimum absolute atomic E-state index is 0.00474. The zero-order valence-corrected chi connectivity index (χ0v) is 24.2. The van der Waals surface area contributed by atoms with Crippen LogP contribution in [0.2, 0.25) is 0 Å². The first-order valence-corrected chi connectivity index (χ1v) is 14.6. The molecule has 3 aliphatic rings. The summed E-state index contributed by atoms with van der Waals surface area (Å²) in [6, 6.07) is 3.47. The van der Waals surface area contributed by atoms with E-state index in [4.69, 9.17) is 23.4 Å². The van der Waals surface area contributed by atoms with E-state index < -0.39 is 72.7 Å². The van der Waals surface area contributed by atoms with E-state index in [9.17, 15) is 35.4 Å². The van der Waals surface area contributed by atoms with Gasteiger partial charge >= 0.3 is 5.97 Å². The number of esters is 1. The number of carbonyl (C=O) groups excluding carboxylic acids is 1. The molecule has 0 spiro atoms. The van der Waals surface area contributed by atoms with E-state index in [2.05, 4.69) is 5.32 Å². The van der Waals surface area contributed by atoms with Crippen LogP contribution in [0.25, 0.3) is 11.0 Å². The van der Waals surface area contributed by atoms with Gasteiger partial charge in [0.1, 0.15) is 24.4 Å². The highest BCUT2D eigenvalue weighted by molar-refractivity contribution is 5.87. The third-order valence-electron chi connectivity index (χ3n) is 8.98. The zero-order chi connectivity index (χ0) is 30.9. The standard InChI is InChI=1S/C30H41NO12/c1-3-39-22(35)7-5-16-12-17-8-10-40-24(17)26(41-11-9-31-2)25(16)43-28-30(38)23-18(4-6-20(34)19(23)14-32)13-29(37,27(30)36)21(15-33)42-28/h4,6,8,10,12,18-21,23,27-28,31-34,36-38H,3,5,7,9,11,13-15H2,1-2H3/t18-,19+,20-,21+,23-,27-,28+,29+,30-/m0/s1. The van der Waals surface area contributed by atoms with Crippen molar-refractivity contribution in [2.45, 2.75) is 62.0 Å². The summed E-state index contributed by atoms with van der Waals surface area (Å²) < 4.78 is 29.4. The van der Waals surface area contributed by atoms with Crippen molar-refractivity contribution >= 4 is 16.9 Å². The normalized spacial score (nSPS) is 35.0. The van der Waals surface area contributed by atoms with Gasteiger partial charge in [-0.25, -0.2) is 0 Å². The van der Waals surface area contributed by atoms with Crippen molar-refractivity contribution < 1.29 is 58.8 Å². The van der Waals surface area contributed by atoms with E-state index in [-0.39, 0.29) is 44.0 Å². The topological polar surface area (TPSA) is 201 Å². The van der Waals surface area contributed by atoms with E-state index in [0.29, 0.717) is 23.1 Å². The van der Waals surface area contributed by atoms with E-state index in [1.54, 1.807) is 32.2 Å². The van der Waals surface area contributed by atoms with Gasteiger partial charge in [-0.3, -0.25) is 4.79 Å². The molecule has 2 aliphatic carbocycles. The van der Waals surface area contributed by atoms with Crippen LogP contribution in [0.4, 0.5) is 0 Å². The maximum Gasteiger partial charge on any atom is 0.306 e. The predicted molar refractivity (Wildman–Crippen MR) is 150 cm³/mol. The molecule has 43 heavy (non-hydrogen) atoms. The van der Waals surface area contributed by atoms with Gasteiger partial charge in [-0.05, 0) is 50.4 Å². The number of aliphatic hydroxyl groups is 6. The molecule has 2 aromatic rings. The second-order valence-corrected chi connectivity index (χ2v) is 11.4. The van der Waals surface area contributed by atoms with Crippen LogP contribution in [0.1, 0.15) is 25.3 Å². The molecule has 0 amide bonds. The molecule has 2 fully saturated rings. The largest absolute Gasteiger partial charge is 0.485 e. The van der Waals surface area contributed by atoms with Crippen LogP contribution in [-0.4, -0.2) is 112 Å². The van der Waals surface area contributed by atoms with Gasteiger partial charge in [-0.1, -0.05) is 12.2 Å². The summed E-state index contributed by atoms with van der Waals surface area (Å²) in [5.74, 6) is -2.76. The summed E-state index contributed by atoms with van der Waals surface area (Å²) in [5, 5.41) is 70.4. The third-order valence-corrected chi connectivity index (χ3v) is 8.98. The van der Waals surface area contributed by atoms with Crippen molar-refractivity contribution in [3.8, 4) is 11.5 Å². The number of furan rings is 1. The molecule has 13 heteroatoms. The fourth-order valence-corrected chi connectivity index (χ4v) is 6.91. The van der Waals surface area contributed by atoms with E-state index >= 15 is 0 Å². The van der Waals surface area contributed by atoms with Crippen LogP contribution in [0.5, 0.6) is 11.5 Å². The highest BCUT2D eigenvalue weighted by Gasteiger charge is 2.72. The summed E-state index contributed by atoms with van der Waals surface area (Å²) in [5.41, 5.74) is -3.63. The molecule has 2 bridgehead atoms. The lowest BCUT2D eigenvalue weighted by Crippen LogP contribution is -2.81. The van der Waals surface area contributed by atoms with E-state index in [1.807, 2.05) is 0 Å². The second kappa shape index (κ2) is 12.7. The smallest absolute Gasteiger partial charge is 0.306 e. The highest BCUT2D eigenvalue weighted by atomic mass is 16.7. The summed E-state index contributed by atoms with van der Waals surface area (Å²) >= 11 is 0. The third kappa shape index (κ3) is 5.42. The molecule has 1 saturated heterocycles. The molecule has 0 unspecified atom stereocenters. The number of aryl methyl sites for hydroxylation is 1. The minimum Gasteiger partial charge on any atom is -0.485 e. The van der Waals surface area contributed by atoms with Crippen LogP contribution < -0.4 is 14.8 Å². The number of likely N-dealkylation sites (N-methyl/N-ethyl adjacent to an activating group) is 1. The summed E-state index contributed by atoms with van der Waals surface area (Å²) in [4.78, 5) is 12.3. The second-order valence-electron chi connectivity index (χ2n) is 11.4. The molecule has 238 valence electrons. The molecule has 0 radical (unpaired) electrons. The van der Waals surface area contributed by atoms with Crippen LogP contribution in [0.15, 0.2) is 35.0 Å². The number of allylic oxidation sites excluding steroid dienone is 1.